The molecule has 18 heavy (non-hydrogen) atoms. The van der Waals surface area contributed by atoms with Gasteiger partial charge in [0, 0.05) is 21.4 Å². The Morgan fingerprint density at radius 3 is 2.67 bits per heavy atom. The van der Waals surface area contributed by atoms with Crippen LogP contribution in [-0.4, -0.2) is 0 Å². The van der Waals surface area contributed by atoms with Gasteiger partial charge >= 0.3 is 0 Å². The van der Waals surface area contributed by atoms with E-state index in [2.05, 4.69) is 0 Å². The van der Waals surface area contributed by atoms with Gasteiger partial charge in [0.25, 0.3) is 0 Å². The molecule has 1 saturated carbocycles. The molecule has 0 saturated heterocycles. The number of rotatable bonds is 3. The van der Waals surface area contributed by atoms with Gasteiger partial charge in [-0.1, -0.05) is 12.1 Å². The van der Waals surface area contributed by atoms with E-state index >= 15 is 0 Å². The molecule has 1 heterocycles. The summed E-state index contributed by atoms with van der Waals surface area (Å²) in [4.78, 5) is 1.79. The highest BCUT2D eigenvalue weighted by Gasteiger charge is 2.30. The summed E-state index contributed by atoms with van der Waals surface area (Å²) in [6, 6.07) is 8.03. The molecule has 1 aliphatic carbocycles. The van der Waals surface area contributed by atoms with Gasteiger partial charge in [-0.05, 0) is 37.0 Å². The molecule has 0 aliphatic heterocycles. The van der Waals surface area contributed by atoms with Crippen molar-refractivity contribution in [2.45, 2.75) is 18.9 Å². The van der Waals surface area contributed by atoms with Crippen molar-refractivity contribution in [3.05, 3.63) is 46.8 Å². The zero-order valence-corrected chi connectivity index (χ0v) is 10.5. The second-order valence-electron chi connectivity index (χ2n) is 4.67. The molecule has 4 heteroatoms. The fraction of sp³-hybridized carbons (Fsp3) is 0.286. The van der Waals surface area contributed by atoms with Crippen LogP contribution < -0.4 is 5.73 Å². The number of halogens is 2. The van der Waals surface area contributed by atoms with Gasteiger partial charge in [0.1, 0.15) is 0 Å². The maximum absolute atomic E-state index is 13.7. The van der Waals surface area contributed by atoms with Crippen LogP contribution in [0.4, 0.5) is 8.78 Å². The highest BCUT2D eigenvalue weighted by atomic mass is 32.1. The molecule has 94 valence electrons. The van der Waals surface area contributed by atoms with Gasteiger partial charge in [0.2, 0.25) is 0 Å². The van der Waals surface area contributed by atoms with E-state index in [0.717, 1.165) is 15.8 Å². The predicted molar refractivity (Wildman–Crippen MR) is 69.3 cm³/mol. The molecule has 0 spiro atoms. The van der Waals surface area contributed by atoms with Crippen molar-refractivity contribution in [3.63, 3.8) is 0 Å². The highest BCUT2D eigenvalue weighted by molar-refractivity contribution is 7.15. The summed E-state index contributed by atoms with van der Waals surface area (Å²) in [6.45, 7) is 0. The molecule has 1 aromatic heterocycles. The Labute approximate surface area is 108 Å². The molecule has 2 N–H and O–H groups in total. The average Bonchev–Trinajstić information content (AvgIpc) is 3.10. The van der Waals surface area contributed by atoms with Crippen molar-refractivity contribution in [2.24, 2.45) is 11.7 Å². The first-order chi connectivity index (χ1) is 8.66. The lowest BCUT2D eigenvalue weighted by atomic mass is 10.1. The summed E-state index contributed by atoms with van der Waals surface area (Å²) in [5.74, 6) is -1.03. The van der Waals surface area contributed by atoms with Crippen LogP contribution in [-0.2, 0) is 0 Å². The normalized spacial score (nSPS) is 16.8. The molecule has 3 rings (SSSR count). The van der Waals surface area contributed by atoms with E-state index < -0.39 is 11.6 Å². The summed E-state index contributed by atoms with van der Waals surface area (Å²) in [7, 11) is 0. The van der Waals surface area contributed by atoms with E-state index in [1.54, 1.807) is 6.07 Å². The predicted octanol–water partition coefficient (Wildman–Crippen LogP) is 4.10. The molecule has 1 fully saturated rings. The van der Waals surface area contributed by atoms with Gasteiger partial charge in [-0.25, -0.2) is 8.78 Å². The standard InChI is InChI=1S/C14H13F2NS/c15-10-3-1-2-9(13(10)16)11-6-7-12(18-11)14(17)8-4-5-8/h1-3,6-8,14H,4-5,17H2. The number of benzene rings is 1. The molecular weight excluding hydrogens is 252 g/mol. The summed E-state index contributed by atoms with van der Waals surface area (Å²) < 4.78 is 26.8. The first-order valence-electron chi connectivity index (χ1n) is 5.96. The van der Waals surface area contributed by atoms with E-state index in [-0.39, 0.29) is 6.04 Å². The molecule has 1 aromatic carbocycles. The largest absolute Gasteiger partial charge is 0.323 e. The molecule has 1 atom stereocenters. The number of hydrogen-bond donors (Lipinski definition) is 1. The zero-order chi connectivity index (χ0) is 12.7. The third-order valence-corrected chi connectivity index (χ3v) is 4.52. The minimum Gasteiger partial charge on any atom is -0.323 e. The quantitative estimate of drug-likeness (QED) is 0.888. The summed E-state index contributed by atoms with van der Waals surface area (Å²) in [6.07, 6.45) is 2.34. The third-order valence-electron chi connectivity index (χ3n) is 3.30. The number of hydrogen-bond acceptors (Lipinski definition) is 2. The molecule has 0 amide bonds. The minimum absolute atomic E-state index is 0.0420. The van der Waals surface area contributed by atoms with Crippen molar-refractivity contribution < 1.29 is 8.78 Å². The SMILES string of the molecule is NC(c1ccc(-c2cccc(F)c2F)s1)C1CC1. The Hall–Kier alpha value is -1.26. The van der Waals surface area contributed by atoms with Gasteiger partial charge in [-0.15, -0.1) is 11.3 Å². The minimum atomic E-state index is -0.811. The topological polar surface area (TPSA) is 26.0 Å². The first-order valence-corrected chi connectivity index (χ1v) is 6.78. The Morgan fingerprint density at radius 1 is 1.17 bits per heavy atom. The first kappa shape index (κ1) is 11.8. The highest BCUT2D eigenvalue weighted by Crippen LogP contribution is 2.43. The summed E-state index contributed by atoms with van der Waals surface area (Å²) >= 11 is 1.45. The average molecular weight is 265 g/mol. The summed E-state index contributed by atoms with van der Waals surface area (Å²) in [5, 5.41) is 0. The van der Waals surface area contributed by atoms with E-state index in [1.165, 1.54) is 30.2 Å². The molecule has 2 aromatic rings. The third kappa shape index (κ3) is 2.06. The van der Waals surface area contributed by atoms with Gasteiger partial charge in [-0.2, -0.15) is 0 Å². The monoisotopic (exact) mass is 265 g/mol. The Kier molecular flexibility index (Phi) is 2.92. The van der Waals surface area contributed by atoms with Crippen molar-refractivity contribution in [1.29, 1.82) is 0 Å². The van der Waals surface area contributed by atoms with E-state index in [1.807, 2.05) is 12.1 Å². The Morgan fingerprint density at radius 2 is 1.94 bits per heavy atom. The van der Waals surface area contributed by atoms with E-state index in [4.69, 9.17) is 5.73 Å². The fourth-order valence-electron chi connectivity index (χ4n) is 2.06. The van der Waals surface area contributed by atoms with Crippen molar-refractivity contribution in [3.8, 4) is 10.4 Å². The molecule has 1 unspecified atom stereocenters. The fourth-order valence-corrected chi connectivity index (χ4v) is 3.18. The van der Waals surface area contributed by atoms with Crippen molar-refractivity contribution in [1.82, 2.24) is 0 Å². The molecular formula is C14H13F2NS. The van der Waals surface area contributed by atoms with Crippen LogP contribution in [0.5, 0.6) is 0 Å². The molecule has 1 aliphatic rings. The second-order valence-corrected chi connectivity index (χ2v) is 5.78. The second kappa shape index (κ2) is 4.44. The zero-order valence-electron chi connectivity index (χ0n) is 9.70. The van der Waals surface area contributed by atoms with Crippen LogP contribution >= 0.6 is 11.3 Å². The maximum Gasteiger partial charge on any atom is 0.167 e. The van der Waals surface area contributed by atoms with Gasteiger partial charge in [-0.3, -0.25) is 0 Å². The smallest absolute Gasteiger partial charge is 0.167 e. The lowest BCUT2D eigenvalue weighted by Gasteiger charge is -2.06. The number of thiophene rings is 1. The van der Waals surface area contributed by atoms with Gasteiger partial charge < -0.3 is 5.73 Å². The van der Waals surface area contributed by atoms with Crippen LogP contribution in [0.2, 0.25) is 0 Å². The van der Waals surface area contributed by atoms with Gasteiger partial charge in [0.15, 0.2) is 11.6 Å². The maximum atomic E-state index is 13.7. The van der Waals surface area contributed by atoms with Crippen molar-refractivity contribution >= 4 is 11.3 Å². The van der Waals surface area contributed by atoms with E-state index in [9.17, 15) is 8.78 Å². The van der Waals surface area contributed by atoms with Crippen LogP contribution in [0.15, 0.2) is 30.3 Å². The van der Waals surface area contributed by atoms with Crippen LogP contribution in [0.1, 0.15) is 23.8 Å². The Bertz CT molecular complexity index is 575. The number of nitrogens with two attached hydrogens (primary N) is 1. The molecule has 0 radical (unpaired) electrons. The Balaban J connectivity index is 1.94. The van der Waals surface area contributed by atoms with Gasteiger partial charge in [0.05, 0.1) is 0 Å². The lowest BCUT2D eigenvalue weighted by molar-refractivity contribution is 0.511. The van der Waals surface area contributed by atoms with Crippen molar-refractivity contribution in [2.75, 3.05) is 0 Å². The van der Waals surface area contributed by atoms with Crippen LogP contribution in [0.25, 0.3) is 10.4 Å². The molecule has 0 bridgehead atoms. The lowest BCUT2D eigenvalue weighted by Crippen LogP contribution is -2.10. The van der Waals surface area contributed by atoms with E-state index in [0.29, 0.717) is 11.5 Å². The van der Waals surface area contributed by atoms with Crippen LogP contribution in [0.3, 0.4) is 0 Å². The molecule has 1 nitrogen and oxygen atoms in total. The van der Waals surface area contributed by atoms with Crippen LogP contribution in [0, 0.1) is 17.6 Å². The summed E-state index contributed by atoms with van der Waals surface area (Å²) in [5.41, 5.74) is 6.42.